The molecule has 3 rings (SSSR count). The maximum Gasteiger partial charge on any atom is 0.416 e. The molecule has 12 nitrogen and oxygen atoms in total. The number of benzene rings is 2. The van der Waals surface area contributed by atoms with Gasteiger partial charge in [0.15, 0.2) is 0 Å². The molecule has 2 unspecified atom stereocenters. The van der Waals surface area contributed by atoms with Crippen molar-refractivity contribution in [2.45, 2.75) is 124 Å². The highest BCUT2D eigenvalue weighted by atomic mass is 19.4. The standard InChI is InChI=1S/C41H55F3N4O8/c1-10-54-37(52)32(47-33(49)20-25(2)3)21-26-15-17-29(18-16-26)46-35(50)27-22-28(41(42,43)44)24-30(23-27)45-34-31(36(51)55-39(4,5)6)14-12-11-13-19-48(34)38(53)56-40(7,8)9/h15-18,22-25,31-32H,10-14,19-21H2,1-9H3,(H,46,50)(H,47,49). The van der Waals surface area contributed by atoms with Crippen LogP contribution in [-0.4, -0.2) is 71.0 Å². The second kappa shape index (κ2) is 19.3. The van der Waals surface area contributed by atoms with Crippen LogP contribution in [0, 0.1) is 11.8 Å². The molecule has 0 saturated carbocycles. The average Bonchev–Trinajstić information content (AvgIpc) is 3.04. The van der Waals surface area contributed by atoms with E-state index >= 15 is 0 Å². The Morgan fingerprint density at radius 1 is 0.893 bits per heavy atom. The molecule has 56 heavy (non-hydrogen) atoms. The molecule has 1 aliphatic heterocycles. The van der Waals surface area contributed by atoms with Crippen LogP contribution in [0.1, 0.15) is 116 Å². The van der Waals surface area contributed by atoms with Gasteiger partial charge >= 0.3 is 24.2 Å². The van der Waals surface area contributed by atoms with E-state index in [1.807, 2.05) is 13.8 Å². The number of carbonyl (C=O) groups is 5. The van der Waals surface area contributed by atoms with Crippen molar-refractivity contribution >= 4 is 47.1 Å². The summed E-state index contributed by atoms with van der Waals surface area (Å²) in [4.78, 5) is 71.4. The molecule has 0 aromatic heterocycles. The van der Waals surface area contributed by atoms with Crippen molar-refractivity contribution in [2.24, 2.45) is 16.8 Å². The Balaban J connectivity index is 2.02. The second-order valence-corrected chi connectivity index (χ2v) is 16.1. The summed E-state index contributed by atoms with van der Waals surface area (Å²) in [6.45, 7) is 15.6. The van der Waals surface area contributed by atoms with Gasteiger partial charge in [-0.3, -0.25) is 19.3 Å². The highest BCUT2D eigenvalue weighted by Gasteiger charge is 2.38. The molecule has 0 aliphatic carbocycles. The molecule has 1 fully saturated rings. The zero-order valence-electron chi connectivity index (χ0n) is 33.7. The van der Waals surface area contributed by atoms with E-state index in [1.165, 1.54) is 17.0 Å². The number of aliphatic imine (C=N–C) groups is 1. The van der Waals surface area contributed by atoms with Gasteiger partial charge in [0.1, 0.15) is 29.0 Å². The number of carbonyl (C=O) groups excluding carboxylic acids is 5. The van der Waals surface area contributed by atoms with Crippen molar-refractivity contribution < 1.29 is 51.4 Å². The number of alkyl halides is 3. The van der Waals surface area contributed by atoms with Crippen LogP contribution < -0.4 is 10.6 Å². The van der Waals surface area contributed by atoms with Gasteiger partial charge in [-0.15, -0.1) is 0 Å². The molecule has 0 bridgehead atoms. The van der Waals surface area contributed by atoms with Crippen molar-refractivity contribution in [3.8, 4) is 0 Å². The lowest BCUT2D eigenvalue weighted by Gasteiger charge is -2.33. The van der Waals surface area contributed by atoms with Crippen molar-refractivity contribution in [3.63, 3.8) is 0 Å². The SMILES string of the molecule is CCOC(=O)C(Cc1ccc(NC(=O)c2cc(N=C3C(C(=O)OC(C)(C)C)CCCCCN3C(=O)OC(C)(C)C)cc(C(F)(F)F)c2)cc1)NC(=O)CC(C)C. The van der Waals surface area contributed by atoms with Gasteiger partial charge in [0.2, 0.25) is 5.91 Å². The first kappa shape index (κ1) is 45.4. The minimum atomic E-state index is -4.89. The average molecular weight is 789 g/mol. The molecular weight excluding hydrogens is 733 g/mol. The molecule has 2 atom stereocenters. The van der Waals surface area contributed by atoms with Crippen molar-refractivity contribution in [3.05, 3.63) is 59.2 Å². The Bertz CT molecular complexity index is 1700. The van der Waals surface area contributed by atoms with E-state index in [9.17, 15) is 37.1 Å². The first-order chi connectivity index (χ1) is 26.0. The monoisotopic (exact) mass is 788 g/mol. The molecule has 2 aromatic rings. The zero-order valence-corrected chi connectivity index (χ0v) is 33.7. The maximum absolute atomic E-state index is 14.3. The summed E-state index contributed by atoms with van der Waals surface area (Å²) in [5.41, 5.74) is -2.86. The summed E-state index contributed by atoms with van der Waals surface area (Å²) >= 11 is 0. The van der Waals surface area contributed by atoms with E-state index in [2.05, 4.69) is 15.6 Å². The molecular formula is C41H55F3N4O8. The Morgan fingerprint density at radius 3 is 2.11 bits per heavy atom. The summed E-state index contributed by atoms with van der Waals surface area (Å²) in [7, 11) is 0. The van der Waals surface area contributed by atoms with Crippen LogP contribution in [-0.2, 0) is 41.2 Å². The number of rotatable bonds is 11. The van der Waals surface area contributed by atoms with Crippen molar-refractivity contribution in [2.75, 3.05) is 18.5 Å². The van der Waals surface area contributed by atoms with Crippen LogP contribution in [0.3, 0.4) is 0 Å². The first-order valence-corrected chi connectivity index (χ1v) is 18.9. The molecule has 2 N–H and O–H groups in total. The van der Waals surface area contributed by atoms with Crippen LogP contribution >= 0.6 is 0 Å². The lowest BCUT2D eigenvalue weighted by atomic mass is 9.96. The number of hydrogen-bond acceptors (Lipinski definition) is 9. The number of esters is 2. The van der Waals surface area contributed by atoms with Crippen LogP contribution in [0.2, 0.25) is 0 Å². The van der Waals surface area contributed by atoms with Gasteiger partial charge in [-0.05, 0) is 103 Å². The zero-order chi connectivity index (χ0) is 42.0. The van der Waals surface area contributed by atoms with Gasteiger partial charge < -0.3 is 24.8 Å². The number of halogens is 3. The number of hydrogen-bond donors (Lipinski definition) is 2. The summed E-state index contributed by atoms with van der Waals surface area (Å²) in [6, 6.07) is 7.87. The molecule has 1 heterocycles. The van der Waals surface area contributed by atoms with E-state index < -0.39 is 58.8 Å². The lowest BCUT2D eigenvalue weighted by Crippen LogP contribution is -2.47. The Hall–Kier alpha value is -4.95. The fraction of sp³-hybridized carbons (Fsp3) is 0.561. The summed E-state index contributed by atoms with van der Waals surface area (Å²) in [6.07, 6.45) is -3.44. The Morgan fingerprint density at radius 2 is 1.54 bits per heavy atom. The number of amides is 3. The van der Waals surface area contributed by atoms with Gasteiger partial charge in [-0.1, -0.05) is 38.8 Å². The van der Waals surface area contributed by atoms with Gasteiger partial charge in [-0.2, -0.15) is 13.2 Å². The van der Waals surface area contributed by atoms with E-state index in [0.717, 1.165) is 12.1 Å². The van der Waals surface area contributed by atoms with Gasteiger partial charge in [0.25, 0.3) is 5.91 Å². The largest absolute Gasteiger partial charge is 0.464 e. The van der Waals surface area contributed by atoms with E-state index in [4.69, 9.17) is 14.2 Å². The summed E-state index contributed by atoms with van der Waals surface area (Å²) < 4.78 is 59.4. The molecule has 1 aliphatic rings. The topological polar surface area (TPSA) is 153 Å². The third kappa shape index (κ3) is 14.6. The van der Waals surface area contributed by atoms with Crippen LogP contribution in [0.5, 0.6) is 0 Å². The number of nitrogens with zero attached hydrogens (tertiary/aromatic N) is 2. The summed E-state index contributed by atoms with van der Waals surface area (Å²) in [5, 5.41) is 5.30. The van der Waals surface area contributed by atoms with Crippen LogP contribution in [0.4, 0.5) is 29.3 Å². The Labute approximate surface area is 326 Å². The molecule has 1 saturated heterocycles. The number of nitrogens with one attached hydrogen (secondary N) is 2. The number of anilines is 1. The maximum atomic E-state index is 14.3. The highest BCUT2D eigenvalue weighted by Crippen LogP contribution is 2.34. The predicted molar refractivity (Wildman–Crippen MR) is 205 cm³/mol. The second-order valence-electron chi connectivity index (χ2n) is 16.1. The minimum absolute atomic E-state index is 0.0727. The molecule has 3 amide bonds. The number of amidine groups is 1. The molecule has 15 heteroatoms. The number of ether oxygens (including phenoxy) is 3. The quantitative estimate of drug-likeness (QED) is 0.170. The normalized spacial score (nSPS) is 16.7. The van der Waals surface area contributed by atoms with Crippen molar-refractivity contribution in [1.29, 1.82) is 0 Å². The fourth-order valence-corrected chi connectivity index (χ4v) is 5.79. The molecule has 308 valence electrons. The van der Waals surface area contributed by atoms with E-state index in [1.54, 1.807) is 60.6 Å². The minimum Gasteiger partial charge on any atom is -0.464 e. The van der Waals surface area contributed by atoms with Crippen LogP contribution in [0.25, 0.3) is 0 Å². The first-order valence-electron chi connectivity index (χ1n) is 18.9. The van der Waals surface area contributed by atoms with E-state index in [-0.39, 0.29) is 67.0 Å². The number of likely N-dealkylation sites (tertiary alicyclic amines) is 1. The lowest BCUT2D eigenvalue weighted by molar-refractivity contribution is -0.158. The van der Waals surface area contributed by atoms with Gasteiger partial charge in [0, 0.05) is 30.6 Å². The highest BCUT2D eigenvalue weighted by molar-refractivity contribution is 6.08. The van der Waals surface area contributed by atoms with Gasteiger partial charge in [-0.25, -0.2) is 14.6 Å². The third-order valence-electron chi connectivity index (χ3n) is 8.17. The van der Waals surface area contributed by atoms with Gasteiger partial charge in [0.05, 0.1) is 17.9 Å². The molecule has 0 spiro atoms. The van der Waals surface area contributed by atoms with E-state index in [0.29, 0.717) is 30.9 Å². The third-order valence-corrected chi connectivity index (χ3v) is 8.17. The Kier molecular flexibility index (Phi) is 15.6. The van der Waals surface area contributed by atoms with Crippen LogP contribution in [0.15, 0.2) is 47.5 Å². The predicted octanol–water partition coefficient (Wildman–Crippen LogP) is 8.39. The van der Waals surface area contributed by atoms with Crippen molar-refractivity contribution in [1.82, 2.24) is 10.2 Å². The molecule has 0 radical (unpaired) electrons. The smallest absolute Gasteiger partial charge is 0.416 e. The fourth-order valence-electron chi connectivity index (χ4n) is 5.79. The summed E-state index contributed by atoms with van der Waals surface area (Å²) in [5.74, 6) is -3.69. The molecule has 2 aromatic carbocycles.